The summed E-state index contributed by atoms with van der Waals surface area (Å²) in [7, 11) is 0. The molecule has 0 fully saturated rings. The van der Waals surface area contributed by atoms with Gasteiger partial charge in [-0.25, -0.2) is 4.79 Å². The molecule has 0 radical (unpaired) electrons. The lowest BCUT2D eigenvalue weighted by Crippen LogP contribution is -2.12. The first-order chi connectivity index (χ1) is 14.1. The van der Waals surface area contributed by atoms with Crippen molar-refractivity contribution in [2.75, 3.05) is 6.61 Å². The van der Waals surface area contributed by atoms with Crippen LogP contribution >= 0.6 is 0 Å². The number of rotatable bonds is 5. The maximum atomic E-state index is 13.6. The zero-order valence-corrected chi connectivity index (χ0v) is 16.3. The fourth-order valence-electron chi connectivity index (χ4n) is 3.44. The smallest absolute Gasteiger partial charge is 0.341 e. The van der Waals surface area contributed by atoms with Gasteiger partial charge < -0.3 is 9.14 Å². The van der Waals surface area contributed by atoms with Crippen LogP contribution in [0.5, 0.6) is 0 Å². The zero-order chi connectivity index (χ0) is 20.4. The van der Waals surface area contributed by atoms with Crippen molar-refractivity contribution in [1.29, 1.82) is 0 Å². The molecule has 1 aromatic carbocycles. The monoisotopic (exact) mass is 384 g/mol. The third kappa shape index (κ3) is 3.31. The number of ketones is 1. The highest BCUT2D eigenvalue weighted by Gasteiger charge is 2.30. The van der Waals surface area contributed by atoms with E-state index in [0.29, 0.717) is 28.0 Å². The summed E-state index contributed by atoms with van der Waals surface area (Å²) in [4.78, 5) is 31.0. The highest BCUT2D eigenvalue weighted by molar-refractivity contribution is 6.20. The molecule has 0 aliphatic rings. The number of hydrogen-bond donors (Lipinski definition) is 0. The molecule has 144 valence electrons. The van der Waals surface area contributed by atoms with E-state index in [4.69, 9.17) is 4.74 Å². The van der Waals surface area contributed by atoms with E-state index in [1.807, 2.05) is 66.1 Å². The van der Waals surface area contributed by atoms with Crippen molar-refractivity contribution < 1.29 is 14.3 Å². The lowest BCUT2D eigenvalue weighted by atomic mass is 9.97. The second-order valence-corrected chi connectivity index (χ2v) is 6.69. The standard InChI is InChI=1S/C24H20N2O3/c1-3-29-24(28)20-19-9-5-7-15-26(19)22(18-8-4-6-14-25-18)21(20)23(27)17-12-10-16(2)11-13-17/h4-15H,3H2,1-2H3. The van der Waals surface area contributed by atoms with Gasteiger partial charge in [-0.3, -0.25) is 9.78 Å². The van der Waals surface area contributed by atoms with Crippen molar-refractivity contribution in [1.82, 2.24) is 9.38 Å². The summed E-state index contributed by atoms with van der Waals surface area (Å²) in [5.41, 5.74) is 3.93. The second kappa shape index (κ2) is 7.72. The molecule has 0 amide bonds. The van der Waals surface area contributed by atoms with E-state index in [-0.39, 0.29) is 18.0 Å². The summed E-state index contributed by atoms with van der Waals surface area (Å²) in [5.74, 6) is -0.758. The fourth-order valence-corrected chi connectivity index (χ4v) is 3.44. The van der Waals surface area contributed by atoms with E-state index in [1.165, 1.54) is 0 Å². The van der Waals surface area contributed by atoms with Gasteiger partial charge in [0.1, 0.15) is 0 Å². The Morgan fingerprint density at radius 3 is 2.41 bits per heavy atom. The molecule has 5 nitrogen and oxygen atoms in total. The molecule has 4 rings (SSSR count). The molecule has 0 aliphatic carbocycles. The Balaban J connectivity index is 2.07. The summed E-state index contributed by atoms with van der Waals surface area (Å²) >= 11 is 0. The molecule has 0 saturated heterocycles. The van der Waals surface area contributed by atoms with Crippen LogP contribution < -0.4 is 0 Å². The maximum absolute atomic E-state index is 13.6. The van der Waals surface area contributed by atoms with Crippen LogP contribution in [0.1, 0.15) is 38.8 Å². The Morgan fingerprint density at radius 2 is 1.72 bits per heavy atom. The van der Waals surface area contributed by atoms with Gasteiger partial charge in [0.05, 0.1) is 34.6 Å². The van der Waals surface area contributed by atoms with E-state index < -0.39 is 5.97 Å². The number of aromatic nitrogens is 2. The minimum Gasteiger partial charge on any atom is -0.462 e. The Bertz CT molecular complexity index is 1190. The molecule has 0 unspecified atom stereocenters. The average molecular weight is 384 g/mol. The van der Waals surface area contributed by atoms with E-state index in [9.17, 15) is 9.59 Å². The van der Waals surface area contributed by atoms with Gasteiger partial charge in [0.25, 0.3) is 0 Å². The molecule has 5 heteroatoms. The summed E-state index contributed by atoms with van der Waals surface area (Å²) in [6.45, 7) is 3.93. The van der Waals surface area contributed by atoms with Gasteiger partial charge in [0, 0.05) is 18.0 Å². The second-order valence-electron chi connectivity index (χ2n) is 6.69. The molecular weight excluding hydrogens is 364 g/mol. The van der Waals surface area contributed by atoms with E-state index >= 15 is 0 Å². The topological polar surface area (TPSA) is 60.7 Å². The maximum Gasteiger partial charge on any atom is 0.341 e. The van der Waals surface area contributed by atoms with E-state index in [0.717, 1.165) is 5.56 Å². The average Bonchev–Trinajstić information content (AvgIpc) is 3.10. The van der Waals surface area contributed by atoms with Gasteiger partial charge in [-0.15, -0.1) is 0 Å². The number of pyridine rings is 2. The summed E-state index contributed by atoms with van der Waals surface area (Å²) in [5, 5.41) is 0. The molecule has 3 heterocycles. The number of nitrogens with zero attached hydrogens (tertiary/aromatic N) is 2. The Morgan fingerprint density at radius 1 is 0.966 bits per heavy atom. The van der Waals surface area contributed by atoms with Gasteiger partial charge in [-0.2, -0.15) is 0 Å². The highest BCUT2D eigenvalue weighted by atomic mass is 16.5. The fraction of sp³-hybridized carbons (Fsp3) is 0.125. The lowest BCUT2D eigenvalue weighted by molar-refractivity contribution is 0.0526. The summed E-state index contributed by atoms with van der Waals surface area (Å²) in [6.07, 6.45) is 3.50. The Labute approximate surface area is 168 Å². The van der Waals surface area contributed by atoms with Crippen molar-refractivity contribution in [3.8, 4) is 11.4 Å². The number of benzene rings is 1. The summed E-state index contributed by atoms with van der Waals surface area (Å²) < 4.78 is 7.14. The number of fused-ring (bicyclic) bond motifs is 1. The number of carbonyl (C=O) groups is 2. The van der Waals surface area contributed by atoms with Crippen LogP contribution in [0.3, 0.4) is 0 Å². The van der Waals surface area contributed by atoms with Crippen LogP contribution in [-0.4, -0.2) is 27.7 Å². The largest absolute Gasteiger partial charge is 0.462 e. The zero-order valence-electron chi connectivity index (χ0n) is 16.3. The van der Waals surface area contributed by atoms with Crippen molar-refractivity contribution >= 4 is 17.3 Å². The predicted octanol–water partition coefficient (Wildman–Crippen LogP) is 4.72. The SMILES string of the molecule is CCOC(=O)c1c(C(=O)c2ccc(C)cc2)c(-c2ccccn2)n2ccccc12. The highest BCUT2D eigenvalue weighted by Crippen LogP contribution is 2.33. The molecule has 0 saturated carbocycles. The van der Waals surface area contributed by atoms with Crippen LogP contribution in [0, 0.1) is 6.92 Å². The van der Waals surface area contributed by atoms with Crippen LogP contribution in [-0.2, 0) is 4.74 Å². The Hall–Kier alpha value is -3.73. The van der Waals surface area contributed by atoms with Crippen LogP contribution in [0.4, 0.5) is 0 Å². The first kappa shape index (κ1) is 18.6. The van der Waals surface area contributed by atoms with Crippen molar-refractivity contribution in [3.05, 3.63) is 95.3 Å². The minimum absolute atomic E-state index is 0.222. The third-order valence-electron chi connectivity index (χ3n) is 4.77. The Kier molecular flexibility index (Phi) is 4.96. The number of hydrogen-bond acceptors (Lipinski definition) is 4. The molecular formula is C24H20N2O3. The predicted molar refractivity (Wildman–Crippen MR) is 111 cm³/mol. The lowest BCUT2D eigenvalue weighted by Gasteiger charge is -2.08. The molecule has 0 atom stereocenters. The molecule has 0 N–H and O–H groups in total. The van der Waals surface area contributed by atoms with Crippen molar-refractivity contribution in [3.63, 3.8) is 0 Å². The number of carbonyl (C=O) groups excluding carboxylic acids is 2. The van der Waals surface area contributed by atoms with Crippen LogP contribution in [0.25, 0.3) is 16.9 Å². The normalized spacial score (nSPS) is 10.8. The first-order valence-electron chi connectivity index (χ1n) is 9.44. The number of ether oxygens (including phenoxy) is 1. The van der Waals surface area contributed by atoms with Crippen LogP contribution in [0.15, 0.2) is 73.1 Å². The minimum atomic E-state index is -0.520. The van der Waals surface area contributed by atoms with Crippen molar-refractivity contribution in [2.45, 2.75) is 13.8 Å². The quantitative estimate of drug-likeness (QED) is 0.369. The molecule has 0 aliphatic heterocycles. The van der Waals surface area contributed by atoms with Crippen molar-refractivity contribution in [2.24, 2.45) is 0 Å². The van der Waals surface area contributed by atoms with Gasteiger partial charge >= 0.3 is 5.97 Å². The molecule has 0 bridgehead atoms. The van der Waals surface area contributed by atoms with Gasteiger partial charge in [-0.05, 0) is 38.1 Å². The molecule has 3 aromatic heterocycles. The van der Waals surface area contributed by atoms with Gasteiger partial charge in [0.2, 0.25) is 0 Å². The third-order valence-corrected chi connectivity index (χ3v) is 4.77. The molecule has 0 spiro atoms. The van der Waals surface area contributed by atoms with E-state index in [1.54, 1.807) is 25.3 Å². The summed E-state index contributed by atoms with van der Waals surface area (Å²) in [6, 6.07) is 18.3. The first-order valence-corrected chi connectivity index (χ1v) is 9.44. The van der Waals surface area contributed by atoms with E-state index in [2.05, 4.69) is 4.98 Å². The molecule has 4 aromatic rings. The number of esters is 1. The number of aryl methyl sites for hydroxylation is 1. The van der Waals surface area contributed by atoms with Gasteiger partial charge in [-0.1, -0.05) is 42.0 Å². The van der Waals surface area contributed by atoms with Crippen LogP contribution in [0.2, 0.25) is 0 Å². The molecule has 29 heavy (non-hydrogen) atoms. The van der Waals surface area contributed by atoms with Gasteiger partial charge in [0.15, 0.2) is 5.78 Å².